The lowest BCUT2D eigenvalue weighted by Gasteiger charge is -2.15. The van der Waals surface area contributed by atoms with Gasteiger partial charge in [0.2, 0.25) is 0 Å². The number of halogens is 4. The molecule has 0 aliphatic carbocycles. The number of carbonyl (C=O) groups excluding carboxylic acids is 1. The molecule has 1 unspecified atom stereocenters. The van der Waals surface area contributed by atoms with Crippen LogP contribution in [0, 0.1) is 0 Å². The highest BCUT2D eigenvalue weighted by Crippen LogP contribution is 2.27. The van der Waals surface area contributed by atoms with Crippen LogP contribution < -0.4 is 11.2 Å². The number of hydrogen-bond donors (Lipinski definition) is 1. The van der Waals surface area contributed by atoms with Gasteiger partial charge in [-0.05, 0) is 24.6 Å². The average Bonchev–Trinajstić information content (AvgIpc) is 2.62. The van der Waals surface area contributed by atoms with Gasteiger partial charge in [0, 0.05) is 13.1 Å². The molecule has 29 heavy (non-hydrogen) atoms. The van der Waals surface area contributed by atoms with Crippen molar-refractivity contribution in [3.8, 4) is 5.69 Å². The minimum absolute atomic E-state index is 0.0305. The number of carboxylic acid groups (broad SMARTS) is 1. The van der Waals surface area contributed by atoms with Crippen LogP contribution in [-0.4, -0.2) is 32.3 Å². The van der Waals surface area contributed by atoms with E-state index < -0.39 is 41.2 Å². The van der Waals surface area contributed by atoms with Gasteiger partial charge in [0.1, 0.15) is 5.69 Å². The molecule has 0 saturated carbocycles. The first-order chi connectivity index (χ1) is 13.4. The van der Waals surface area contributed by atoms with Gasteiger partial charge in [-0.1, -0.05) is 18.5 Å². The molecule has 1 atom stereocenters. The van der Waals surface area contributed by atoms with Crippen LogP contribution in [0.2, 0.25) is 5.02 Å². The molecule has 2 rings (SSSR count). The fourth-order valence-corrected chi connectivity index (χ4v) is 2.64. The first-order valence-corrected chi connectivity index (χ1v) is 8.40. The summed E-state index contributed by atoms with van der Waals surface area (Å²) in [7, 11) is 0.838. The van der Waals surface area contributed by atoms with Crippen LogP contribution in [0.3, 0.4) is 0 Å². The SMILES string of the molecule is CCC(OC(=O)c1cc(-n2c(=O)cc(C(F)(F)F)n(C)c2=O)ccc1Cl)C(=O)O. The maximum absolute atomic E-state index is 13.0. The van der Waals surface area contributed by atoms with Gasteiger partial charge in [0.15, 0.2) is 6.10 Å². The number of alkyl halides is 3. The minimum atomic E-state index is -4.92. The van der Waals surface area contributed by atoms with Gasteiger partial charge in [0.05, 0.1) is 16.3 Å². The second kappa shape index (κ2) is 8.11. The molecule has 2 aromatic rings. The van der Waals surface area contributed by atoms with Gasteiger partial charge in [-0.25, -0.2) is 19.0 Å². The third-order valence-corrected chi connectivity index (χ3v) is 4.26. The molecule has 0 saturated heterocycles. The average molecular weight is 435 g/mol. The van der Waals surface area contributed by atoms with Crippen molar-refractivity contribution in [2.24, 2.45) is 7.05 Å². The van der Waals surface area contributed by atoms with Crippen LogP contribution >= 0.6 is 11.6 Å². The Balaban J connectivity index is 2.59. The molecule has 0 aliphatic heterocycles. The number of carbonyl (C=O) groups is 2. The maximum atomic E-state index is 13.0. The standard InChI is InChI=1S/C17H14ClF3N2O6/c1-3-11(14(25)26)29-15(27)9-6-8(4-5-10(9)18)23-13(24)7-12(17(19,20)21)22(2)16(23)28/h4-7,11H,3H2,1-2H3,(H,25,26). The molecule has 156 valence electrons. The zero-order valence-electron chi connectivity index (χ0n) is 15.0. The molecular formula is C17H14ClF3N2O6. The first kappa shape index (κ1) is 22.2. The number of benzene rings is 1. The van der Waals surface area contributed by atoms with E-state index in [1.54, 1.807) is 0 Å². The van der Waals surface area contributed by atoms with Crippen molar-refractivity contribution in [2.75, 3.05) is 0 Å². The molecule has 1 aromatic heterocycles. The van der Waals surface area contributed by atoms with Crippen molar-refractivity contribution in [3.05, 3.63) is 61.4 Å². The third kappa shape index (κ3) is 4.50. The summed E-state index contributed by atoms with van der Waals surface area (Å²) in [6.07, 6.45) is -6.41. The predicted octanol–water partition coefficient (Wildman–Crippen LogP) is 2.23. The van der Waals surface area contributed by atoms with E-state index in [2.05, 4.69) is 0 Å². The molecule has 0 aliphatic rings. The number of esters is 1. The van der Waals surface area contributed by atoms with Gasteiger partial charge < -0.3 is 9.84 Å². The molecule has 0 radical (unpaired) electrons. The zero-order chi connectivity index (χ0) is 22.1. The molecule has 1 heterocycles. The highest BCUT2D eigenvalue weighted by atomic mass is 35.5. The van der Waals surface area contributed by atoms with Crippen LogP contribution in [0.5, 0.6) is 0 Å². The fourth-order valence-electron chi connectivity index (χ4n) is 2.45. The van der Waals surface area contributed by atoms with Crippen LogP contribution in [0.1, 0.15) is 29.4 Å². The summed E-state index contributed by atoms with van der Waals surface area (Å²) in [5, 5.41) is 8.80. The van der Waals surface area contributed by atoms with Crippen LogP contribution in [-0.2, 0) is 22.8 Å². The number of rotatable bonds is 5. The molecule has 1 N–H and O–H groups in total. The number of aliphatic carboxylic acids is 1. The Bertz CT molecular complexity index is 1090. The molecule has 0 spiro atoms. The molecule has 12 heteroatoms. The monoisotopic (exact) mass is 434 g/mol. The lowest BCUT2D eigenvalue weighted by atomic mass is 10.2. The quantitative estimate of drug-likeness (QED) is 0.723. The first-order valence-electron chi connectivity index (χ1n) is 8.02. The van der Waals surface area contributed by atoms with Crippen molar-refractivity contribution < 1.29 is 32.6 Å². The Hall–Kier alpha value is -3.08. The summed E-state index contributed by atoms with van der Waals surface area (Å²) < 4.78 is 44.3. The van der Waals surface area contributed by atoms with E-state index in [-0.39, 0.29) is 33.3 Å². The molecular weight excluding hydrogens is 421 g/mol. The molecule has 8 nitrogen and oxygen atoms in total. The summed E-state index contributed by atoms with van der Waals surface area (Å²) in [6, 6.07) is 3.46. The summed E-state index contributed by atoms with van der Waals surface area (Å²) >= 11 is 5.91. The van der Waals surface area contributed by atoms with E-state index in [4.69, 9.17) is 21.4 Å². The second-order valence-corrected chi connectivity index (χ2v) is 6.25. The predicted molar refractivity (Wildman–Crippen MR) is 94.4 cm³/mol. The van der Waals surface area contributed by atoms with E-state index in [0.717, 1.165) is 25.2 Å². The number of ether oxygens (including phenoxy) is 1. The van der Waals surface area contributed by atoms with E-state index in [1.165, 1.54) is 6.92 Å². The lowest BCUT2D eigenvalue weighted by molar-refractivity contribution is -0.147. The van der Waals surface area contributed by atoms with Crippen LogP contribution in [0.15, 0.2) is 33.9 Å². The summed E-state index contributed by atoms with van der Waals surface area (Å²) in [6.45, 7) is 1.47. The van der Waals surface area contributed by atoms with Gasteiger partial charge in [-0.15, -0.1) is 0 Å². The van der Waals surface area contributed by atoms with Crippen molar-refractivity contribution in [1.82, 2.24) is 9.13 Å². The van der Waals surface area contributed by atoms with E-state index >= 15 is 0 Å². The number of nitrogens with zero attached hydrogens (tertiary/aromatic N) is 2. The van der Waals surface area contributed by atoms with Crippen molar-refractivity contribution in [2.45, 2.75) is 25.6 Å². The topological polar surface area (TPSA) is 108 Å². The van der Waals surface area contributed by atoms with E-state index in [0.29, 0.717) is 4.57 Å². The highest BCUT2D eigenvalue weighted by molar-refractivity contribution is 6.33. The van der Waals surface area contributed by atoms with E-state index in [9.17, 15) is 32.3 Å². The third-order valence-electron chi connectivity index (χ3n) is 3.93. The Morgan fingerprint density at radius 2 is 1.86 bits per heavy atom. The second-order valence-electron chi connectivity index (χ2n) is 5.85. The van der Waals surface area contributed by atoms with Crippen molar-refractivity contribution >= 4 is 23.5 Å². The normalized spacial score (nSPS) is 12.5. The van der Waals surface area contributed by atoms with Crippen molar-refractivity contribution in [1.29, 1.82) is 0 Å². The molecule has 1 aromatic carbocycles. The molecule has 0 fully saturated rings. The Labute approximate surface area is 165 Å². The van der Waals surface area contributed by atoms with Gasteiger partial charge in [-0.3, -0.25) is 9.36 Å². The smallest absolute Gasteiger partial charge is 0.431 e. The summed E-state index contributed by atoms with van der Waals surface area (Å²) in [4.78, 5) is 47.8. The highest BCUT2D eigenvalue weighted by Gasteiger charge is 2.35. The van der Waals surface area contributed by atoms with Gasteiger partial charge >= 0.3 is 23.8 Å². The van der Waals surface area contributed by atoms with E-state index in [1.807, 2.05) is 0 Å². The summed E-state index contributed by atoms with van der Waals surface area (Å²) in [5.41, 5.74) is -4.63. The fraction of sp³-hybridized carbons (Fsp3) is 0.294. The lowest BCUT2D eigenvalue weighted by Crippen LogP contribution is -2.40. The van der Waals surface area contributed by atoms with Crippen LogP contribution in [0.25, 0.3) is 5.69 Å². The van der Waals surface area contributed by atoms with Gasteiger partial charge in [0.25, 0.3) is 5.56 Å². The maximum Gasteiger partial charge on any atom is 0.431 e. The Kier molecular flexibility index (Phi) is 6.21. The Morgan fingerprint density at radius 1 is 1.24 bits per heavy atom. The Morgan fingerprint density at radius 3 is 2.38 bits per heavy atom. The largest absolute Gasteiger partial charge is 0.479 e. The van der Waals surface area contributed by atoms with Crippen LogP contribution in [0.4, 0.5) is 13.2 Å². The number of aromatic nitrogens is 2. The summed E-state index contributed by atoms with van der Waals surface area (Å²) in [5.74, 6) is -2.52. The number of hydrogen-bond acceptors (Lipinski definition) is 5. The van der Waals surface area contributed by atoms with Crippen molar-refractivity contribution in [3.63, 3.8) is 0 Å². The zero-order valence-corrected chi connectivity index (χ0v) is 15.7. The minimum Gasteiger partial charge on any atom is -0.479 e. The molecule has 0 amide bonds. The molecule has 0 bridgehead atoms. The number of carboxylic acids is 1. The van der Waals surface area contributed by atoms with Gasteiger partial charge in [-0.2, -0.15) is 13.2 Å².